The molecule has 0 fully saturated rings. The van der Waals surface area contributed by atoms with Crippen LogP contribution in [0.25, 0.3) is 0 Å². The van der Waals surface area contributed by atoms with Gasteiger partial charge in [0.2, 0.25) is 0 Å². The Labute approximate surface area is 132 Å². The second-order valence-corrected chi connectivity index (χ2v) is 6.28. The summed E-state index contributed by atoms with van der Waals surface area (Å²) in [5, 5.41) is 0.362. The van der Waals surface area contributed by atoms with Gasteiger partial charge in [-0.05, 0) is 24.0 Å². The van der Waals surface area contributed by atoms with Gasteiger partial charge in [-0.3, -0.25) is 4.79 Å². The van der Waals surface area contributed by atoms with Crippen LogP contribution in [0.2, 0.25) is 5.15 Å². The number of methoxy groups -OCH3 is 1. The van der Waals surface area contributed by atoms with Crippen molar-refractivity contribution in [3.8, 4) is 0 Å². The van der Waals surface area contributed by atoms with E-state index in [-0.39, 0.29) is 11.8 Å². The third-order valence-electron chi connectivity index (χ3n) is 3.09. The summed E-state index contributed by atoms with van der Waals surface area (Å²) < 4.78 is 5.09. The number of hydrogen-bond acceptors (Lipinski definition) is 3. The zero-order valence-corrected chi connectivity index (χ0v) is 14.3. The van der Waals surface area contributed by atoms with Gasteiger partial charge in [0.1, 0.15) is 5.15 Å². The summed E-state index contributed by atoms with van der Waals surface area (Å²) in [5.74, 6) is 0.604. The van der Waals surface area contributed by atoms with E-state index in [0.29, 0.717) is 36.3 Å². The fourth-order valence-electron chi connectivity index (χ4n) is 2.04. The van der Waals surface area contributed by atoms with Crippen LogP contribution in [0.4, 0.5) is 0 Å². The van der Waals surface area contributed by atoms with Crippen LogP contribution in [-0.4, -0.2) is 42.6 Å². The Balaban J connectivity index is 3.01. The summed E-state index contributed by atoms with van der Waals surface area (Å²) in [6.07, 6.45) is 0. The van der Waals surface area contributed by atoms with Crippen molar-refractivity contribution in [1.82, 2.24) is 9.88 Å². The first-order valence-electron chi connectivity index (χ1n) is 7.30. The highest BCUT2D eigenvalue weighted by Gasteiger charge is 2.18. The summed E-state index contributed by atoms with van der Waals surface area (Å²) >= 11 is 6.05. The highest BCUT2D eigenvalue weighted by Crippen LogP contribution is 2.19. The van der Waals surface area contributed by atoms with Crippen molar-refractivity contribution in [3.05, 3.63) is 28.5 Å². The van der Waals surface area contributed by atoms with Crippen LogP contribution in [-0.2, 0) is 4.74 Å². The number of pyridine rings is 1. The van der Waals surface area contributed by atoms with Crippen LogP contribution in [0.3, 0.4) is 0 Å². The maximum absolute atomic E-state index is 12.7. The zero-order chi connectivity index (χ0) is 16.0. The number of carbonyl (C=O) groups is 1. The lowest BCUT2D eigenvalue weighted by Crippen LogP contribution is -2.36. The van der Waals surface area contributed by atoms with Gasteiger partial charge in [-0.25, -0.2) is 4.98 Å². The summed E-state index contributed by atoms with van der Waals surface area (Å²) in [5.41, 5.74) is 1.43. The number of carbonyl (C=O) groups excluding carboxylic acids is 1. The molecule has 118 valence electrons. The maximum atomic E-state index is 12.7. The lowest BCUT2D eigenvalue weighted by molar-refractivity contribution is 0.0672. The predicted molar refractivity (Wildman–Crippen MR) is 86.0 cm³/mol. The number of amides is 1. The quantitative estimate of drug-likeness (QED) is 0.722. The van der Waals surface area contributed by atoms with Crippen molar-refractivity contribution in [2.24, 2.45) is 5.92 Å². The van der Waals surface area contributed by atoms with Crippen LogP contribution >= 0.6 is 11.6 Å². The zero-order valence-electron chi connectivity index (χ0n) is 13.5. The number of rotatable bonds is 7. The third-order valence-corrected chi connectivity index (χ3v) is 3.28. The molecule has 0 bridgehead atoms. The van der Waals surface area contributed by atoms with Gasteiger partial charge in [0.25, 0.3) is 5.91 Å². The largest absolute Gasteiger partial charge is 0.383 e. The van der Waals surface area contributed by atoms with Crippen LogP contribution in [0.15, 0.2) is 12.1 Å². The van der Waals surface area contributed by atoms with E-state index in [4.69, 9.17) is 16.3 Å². The molecule has 21 heavy (non-hydrogen) atoms. The minimum absolute atomic E-state index is 0.0213. The van der Waals surface area contributed by atoms with Crippen molar-refractivity contribution >= 4 is 17.5 Å². The summed E-state index contributed by atoms with van der Waals surface area (Å²) in [4.78, 5) is 18.8. The van der Waals surface area contributed by atoms with Gasteiger partial charge in [0.15, 0.2) is 0 Å². The average Bonchev–Trinajstić information content (AvgIpc) is 2.41. The van der Waals surface area contributed by atoms with Gasteiger partial charge in [0.05, 0.1) is 6.61 Å². The second kappa shape index (κ2) is 8.35. The van der Waals surface area contributed by atoms with Crippen molar-refractivity contribution in [1.29, 1.82) is 0 Å². The number of hydrogen-bond donors (Lipinski definition) is 0. The van der Waals surface area contributed by atoms with Crippen LogP contribution < -0.4 is 0 Å². The normalized spacial score (nSPS) is 11.2. The molecule has 0 spiro atoms. The van der Waals surface area contributed by atoms with E-state index >= 15 is 0 Å². The van der Waals surface area contributed by atoms with Gasteiger partial charge in [-0.2, -0.15) is 0 Å². The highest BCUT2D eigenvalue weighted by atomic mass is 35.5. The molecule has 0 aliphatic heterocycles. The van der Waals surface area contributed by atoms with Crippen LogP contribution in [0.1, 0.15) is 49.7 Å². The number of ether oxygens (including phenoxy) is 1. The molecule has 0 aliphatic carbocycles. The molecule has 4 nitrogen and oxygen atoms in total. The fraction of sp³-hybridized carbons (Fsp3) is 0.625. The van der Waals surface area contributed by atoms with Crippen molar-refractivity contribution in [2.75, 3.05) is 26.8 Å². The lowest BCUT2D eigenvalue weighted by Gasteiger charge is -2.24. The smallest absolute Gasteiger partial charge is 0.254 e. The first kappa shape index (κ1) is 17.9. The Kier molecular flexibility index (Phi) is 7.12. The minimum atomic E-state index is -0.0213. The van der Waals surface area contributed by atoms with Crippen molar-refractivity contribution < 1.29 is 9.53 Å². The molecule has 0 aliphatic rings. The van der Waals surface area contributed by atoms with Gasteiger partial charge in [-0.1, -0.05) is 39.3 Å². The van der Waals surface area contributed by atoms with Gasteiger partial charge in [0, 0.05) is 31.5 Å². The Morgan fingerprint density at radius 3 is 2.52 bits per heavy atom. The molecular weight excluding hydrogens is 288 g/mol. The molecule has 0 saturated heterocycles. The summed E-state index contributed by atoms with van der Waals surface area (Å²) in [7, 11) is 1.64. The van der Waals surface area contributed by atoms with E-state index in [1.54, 1.807) is 13.2 Å². The standard InChI is InChI=1S/C16H25ClN2O2/c1-11(2)10-19(6-7-21-5)16(20)13-8-14(12(3)4)18-15(17)9-13/h8-9,11-12H,6-7,10H2,1-5H3. The van der Waals surface area contributed by atoms with Gasteiger partial charge in [-0.15, -0.1) is 0 Å². The van der Waals surface area contributed by atoms with Crippen LogP contribution in [0, 0.1) is 5.92 Å². The SMILES string of the molecule is COCCN(CC(C)C)C(=O)c1cc(Cl)nc(C(C)C)c1. The van der Waals surface area contributed by atoms with E-state index in [1.807, 2.05) is 24.8 Å². The number of halogens is 1. The molecule has 1 heterocycles. The van der Waals surface area contributed by atoms with Crippen LogP contribution in [0.5, 0.6) is 0 Å². The molecule has 0 N–H and O–H groups in total. The molecule has 0 saturated carbocycles. The summed E-state index contributed by atoms with van der Waals surface area (Å²) in [6.45, 7) is 10.0. The number of aromatic nitrogens is 1. The second-order valence-electron chi connectivity index (χ2n) is 5.90. The highest BCUT2D eigenvalue weighted by molar-refractivity contribution is 6.29. The minimum Gasteiger partial charge on any atom is -0.383 e. The molecule has 1 amide bonds. The molecule has 5 heteroatoms. The Bertz CT molecular complexity index is 475. The average molecular weight is 313 g/mol. The van der Waals surface area contributed by atoms with E-state index in [0.717, 1.165) is 5.69 Å². The number of nitrogens with zero attached hydrogens (tertiary/aromatic N) is 2. The third kappa shape index (κ3) is 5.64. The Morgan fingerprint density at radius 2 is 2.00 bits per heavy atom. The van der Waals surface area contributed by atoms with Crippen molar-refractivity contribution in [2.45, 2.75) is 33.6 Å². The molecule has 1 aromatic rings. The molecule has 1 aromatic heterocycles. The Hall–Kier alpha value is -1.13. The molecule has 0 radical (unpaired) electrons. The Morgan fingerprint density at radius 1 is 1.33 bits per heavy atom. The molecule has 0 atom stereocenters. The van der Waals surface area contributed by atoms with Crippen molar-refractivity contribution in [3.63, 3.8) is 0 Å². The van der Waals surface area contributed by atoms with E-state index in [1.165, 1.54) is 0 Å². The van der Waals surface area contributed by atoms with Gasteiger partial charge < -0.3 is 9.64 Å². The molecule has 1 rings (SSSR count). The van der Waals surface area contributed by atoms with E-state index < -0.39 is 0 Å². The maximum Gasteiger partial charge on any atom is 0.254 e. The van der Waals surface area contributed by atoms with Gasteiger partial charge >= 0.3 is 0 Å². The van der Waals surface area contributed by atoms with E-state index in [9.17, 15) is 4.79 Å². The predicted octanol–water partition coefficient (Wildman–Crippen LogP) is 3.60. The monoisotopic (exact) mass is 312 g/mol. The first-order valence-corrected chi connectivity index (χ1v) is 7.68. The molecule has 0 aromatic carbocycles. The molecular formula is C16H25ClN2O2. The fourth-order valence-corrected chi connectivity index (χ4v) is 2.25. The lowest BCUT2D eigenvalue weighted by atomic mass is 10.1. The molecule has 0 unspecified atom stereocenters. The topological polar surface area (TPSA) is 42.4 Å². The van der Waals surface area contributed by atoms with E-state index in [2.05, 4.69) is 18.8 Å². The first-order chi connectivity index (χ1) is 9.85. The summed E-state index contributed by atoms with van der Waals surface area (Å²) in [6, 6.07) is 3.47.